The van der Waals surface area contributed by atoms with E-state index in [1.165, 1.54) is 0 Å². The molecule has 0 bridgehead atoms. The molecule has 1 aliphatic rings. The van der Waals surface area contributed by atoms with E-state index in [1.807, 2.05) is 54.6 Å². The molecule has 3 aromatic rings. The fraction of sp³-hybridized carbons (Fsp3) is 0.364. The maximum absolute atomic E-state index is 12.9. The standard InChI is InChI=1S/C22H26N6O2/c1-16-12-14-22(15-13-16,24-21(29)23-17-6-4-3-5-7-17)20-25-26-27-28(20)18-8-10-19(30-2)11-9-18/h3-11,16H,12-15H2,1-2H3,(H2,23,24,29). The Morgan fingerprint density at radius 2 is 1.80 bits per heavy atom. The minimum Gasteiger partial charge on any atom is -0.497 e. The van der Waals surface area contributed by atoms with Crippen molar-refractivity contribution in [3.05, 3.63) is 60.4 Å². The number of anilines is 1. The van der Waals surface area contributed by atoms with Crippen LogP contribution in [0.25, 0.3) is 5.69 Å². The van der Waals surface area contributed by atoms with Gasteiger partial charge in [-0.2, -0.15) is 4.68 Å². The van der Waals surface area contributed by atoms with Crippen LogP contribution in [-0.4, -0.2) is 33.3 Å². The van der Waals surface area contributed by atoms with Gasteiger partial charge in [0, 0.05) is 5.69 Å². The highest BCUT2D eigenvalue weighted by molar-refractivity contribution is 5.89. The van der Waals surface area contributed by atoms with Crippen LogP contribution in [0.1, 0.15) is 38.4 Å². The molecule has 30 heavy (non-hydrogen) atoms. The Morgan fingerprint density at radius 1 is 1.10 bits per heavy atom. The molecule has 1 saturated carbocycles. The first-order valence-corrected chi connectivity index (χ1v) is 10.2. The van der Waals surface area contributed by atoms with Crippen molar-refractivity contribution in [2.24, 2.45) is 5.92 Å². The molecule has 1 fully saturated rings. The van der Waals surface area contributed by atoms with Crippen molar-refractivity contribution in [2.45, 2.75) is 38.1 Å². The molecule has 1 aromatic heterocycles. The lowest BCUT2D eigenvalue weighted by Gasteiger charge is -2.38. The topological polar surface area (TPSA) is 94.0 Å². The number of ether oxygens (including phenoxy) is 1. The van der Waals surface area contributed by atoms with Gasteiger partial charge in [-0.3, -0.25) is 0 Å². The first-order valence-electron chi connectivity index (χ1n) is 10.2. The van der Waals surface area contributed by atoms with Gasteiger partial charge in [-0.05, 0) is 78.4 Å². The Bertz CT molecular complexity index is 978. The predicted molar refractivity (Wildman–Crippen MR) is 114 cm³/mol. The van der Waals surface area contributed by atoms with E-state index in [4.69, 9.17) is 4.74 Å². The number of hydrogen-bond acceptors (Lipinski definition) is 5. The minimum atomic E-state index is -0.644. The summed E-state index contributed by atoms with van der Waals surface area (Å²) in [5.41, 5.74) is 0.914. The minimum absolute atomic E-state index is 0.264. The van der Waals surface area contributed by atoms with E-state index in [-0.39, 0.29) is 6.03 Å². The highest BCUT2D eigenvalue weighted by Gasteiger charge is 2.42. The summed E-state index contributed by atoms with van der Waals surface area (Å²) < 4.78 is 6.95. The number of hydrogen-bond donors (Lipinski definition) is 2. The summed E-state index contributed by atoms with van der Waals surface area (Å²) in [4.78, 5) is 12.9. The third-order valence-electron chi connectivity index (χ3n) is 5.73. The summed E-state index contributed by atoms with van der Waals surface area (Å²) in [6.45, 7) is 2.24. The van der Waals surface area contributed by atoms with E-state index in [1.54, 1.807) is 11.8 Å². The molecule has 8 heteroatoms. The number of tetrazole rings is 1. The SMILES string of the molecule is COc1ccc(-n2nnnc2C2(NC(=O)Nc3ccccc3)CCC(C)CC2)cc1. The smallest absolute Gasteiger partial charge is 0.320 e. The summed E-state index contributed by atoms with van der Waals surface area (Å²) in [5.74, 6) is 2.00. The van der Waals surface area contributed by atoms with Gasteiger partial charge in [-0.25, -0.2) is 4.79 Å². The maximum Gasteiger partial charge on any atom is 0.320 e. The average Bonchev–Trinajstić information content (AvgIpc) is 3.27. The zero-order valence-electron chi connectivity index (χ0n) is 17.2. The van der Waals surface area contributed by atoms with Gasteiger partial charge in [-0.15, -0.1) is 5.10 Å². The van der Waals surface area contributed by atoms with Gasteiger partial charge in [0.05, 0.1) is 12.8 Å². The number of nitrogens with one attached hydrogen (secondary N) is 2. The monoisotopic (exact) mass is 406 g/mol. The Morgan fingerprint density at radius 3 is 2.47 bits per heavy atom. The van der Waals surface area contributed by atoms with Crippen LogP contribution in [0.5, 0.6) is 5.75 Å². The van der Waals surface area contributed by atoms with E-state index in [2.05, 4.69) is 33.1 Å². The largest absolute Gasteiger partial charge is 0.497 e. The molecule has 2 aromatic carbocycles. The van der Waals surface area contributed by atoms with Crippen molar-refractivity contribution in [1.82, 2.24) is 25.5 Å². The van der Waals surface area contributed by atoms with Crippen LogP contribution in [0.15, 0.2) is 54.6 Å². The zero-order chi connectivity index (χ0) is 21.0. The highest BCUT2D eigenvalue weighted by Crippen LogP contribution is 2.39. The number of carbonyl (C=O) groups is 1. The van der Waals surface area contributed by atoms with Gasteiger partial charge in [0.25, 0.3) is 0 Å². The van der Waals surface area contributed by atoms with Gasteiger partial charge in [0.2, 0.25) is 0 Å². The van der Waals surface area contributed by atoms with Crippen molar-refractivity contribution in [2.75, 3.05) is 12.4 Å². The number of aromatic nitrogens is 4. The van der Waals surface area contributed by atoms with Crippen LogP contribution in [-0.2, 0) is 5.54 Å². The molecule has 0 spiro atoms. The van der Waals surface area contributed by atoms with E-state index in [9.17, 15) is 4.79 Å². The van der Waals surface area contributed by atoms with Crippen molar-refractivity contribution < 1.29 is 9.53 Å². The van der Waals surface area contributed by atoms with E-state index >= 15 is 0 Å². The number of carbonyl (C=O) groups excluding carboxylic acids is 1. The van der Waals surface area contributed by atoms with Crippen molar-refractivity contribution in [1.29, 1.82) is 0 Å². The van der Waals surface area contributed by atoms with Crippen molar-refractivity contribution in [3.63, 3.8) is 0 Å². The van der Waals surface area contributed by atoms with Gasteiger partial charge in [0.1, 0.15) is 11.3 Å². The molecule has 2 amide bonds. The molecule has 0 unspecified atom stereocenters. The molecule has 156 valence electrons. The molecular weight excluding hydrogens is 380 g/mol. The van der Waals surface area contributed by atoms with Crippen LogP contribution in [0.3, 0.4) is 0 Å². The summed E-state index contributed by atoms with van der Waals surface area (Å²) in [7, 11) is 1.63. The molecule has 8 nitrogen and oxygen atoms in total. The van der Waals surface area contributed by atoms with Crippen LogP contribution in [0.4, 0.5) is 10.5 Å². The second-order valence-corrected chi connectivity index (χ2v) is 7.82. The average molecular weight is 406 g/mol. The van der Waals surface area contributed by atoms with Gasteiger partial charge >= 0.3 is 6.03 Å². The lowest BCUT2D eigenvalue weighted by molar-refractivity contribution is 0.182. The molecule has 0 saturated heterocycles. The zero-order valence-corrected chi connectivity index (χ0v) is 17.2. The quantitative estimate of drug-likeness (QED) is 0.670. The lowest BCUT2D eigenvalue weighted by atomic mass is 9.76. The highest BCUT2D eigenvalue weighted by atomic mass is 16.5. The fourth-order valence-electron chi connectivity index (χ4n) is 3.94. The van der Waals surface area contributed by atoms with Crippen molar-refractivity contribution >= 4 is 11.7 Å². The molecule has 0 aliphatic heterocycles. The molecule has 2 N–H and O–H groups in total. The van der Waals surface area contributed by atoms with Gasteiger partial charge < -0.3 is 15.4 Å². The third kappa shape index (κ3) is 4.12. The number of nitrogens with zero attached hydrogens (tertiary/aromatic N) is 4. The number of rotatable bonds is 5. The summed E-state index contributed by atoms with van der Waals surface area (Å²) in [6, 6.07) is 16.7. The van der Waals surface area contributed by atoms with Crippen LogP contribution in [0.2, 0.25) is 0 Å². The summed E-state index contributed by atoms with van der Waals surface area (Å²) in [6.07, 6.45) is 3.52. The molecular formula is C22H26N6O2. The maximum atomic E-state index is 12.9. The van der Waals surface area contributed by atoms with E-state index in [0.29, 0.717) is 11.7 Å². The predicted octanol–water partition coefficient (Wildman–Crippen LogP) is 3.90. The Labute approximate surface area is 175 Å². The van der Waals surface area contributed by atoms with E-state index < -0.39 is 5.54 Å². The van der Waals surface area contributed by atoms with Crippen molar-refractivity contribution in [3.8, 4) is 11.4 Å². The van der Waals surface area contributed by atoms with Crippen LogP contribution >= 0.6 is 0 Å². The lowest BCUT2D eigenvalue weighted by Crippen LogP contribution is -2.51. The van der Waals surface area contributed by atoms with E-state index in [0.717, 1.165) is 42.8 Å². The van der Waals surface area contributed by atoms with Gasteiger partial charge in [0.15, 0.2) is 5.82 Å². The normalized spacial score (nSPS) is 21.1. The molecule has 1 aliphatic carbocycles. The number of amides is 2. The fourth-order valence-corrected chi connectivity index (χ4v) is 3.94. The summed E-state index contributed by atoms with van der Waals surface area (Å²) in [5, 5.41) is 18.6. The Kier molecular flexibility index (Phi) is 5.65. The molecule has 0 radical (unpaired) electrons. The third-order valence-corrected chi connectivity index (χ3v) is 5.73. The number of para-hydroxylation sites is 1. The van der Waals surface area contributed by atoms with Gasteiger partial charge in [-0.1, -0.05) is 25.1 Å². The second-order valence-electron chi connectivity index (χ2n) is 7.82. The van der Waals surface area contributed by atoms with Crippen LogP contribution < -0.4 is 15.4 Å². The number of urea groups is 1. The molecule has 4 rings (SSSR count). The first kappa shape index (κ1) is 19.9. The second kappa shape index (κ2) is 8.52. The Balaban J connectivity index is 1.64. The first-order chi connectivity index (χ1) is 14.6. The summed E-state index contributed by atoms with van der Waals surface area (Å²) >= 11 is 0. The Hall–Kier alpha value is -3.42. The molecule has 1 heterocycles. The number of benzene rings is 2. The molecule has 0 atom stereocenters. The van der Waals surface area contributed by atoms with Crippen LogP contribution in [0, 0.1) is 5.92 Å². The number of methoxy groups -OCH3 is 1.